The van der Waals surface area contributed by atoms with E-state index in [0.29, 0.717) is 5.56 Å². The minimum Gasteiger partial charge on any atom is -0.440 e. The Morgan fingerprint density at radius 1 is 0.700 bits per heavy atom. The highest BCUT2D eigenvalue weighted by molar-refractivity contribution is 6.01. The van der Waals surface area contributed by atoms with Gasteiger partial charge in [0.25, 0.3) is 0 Å². The molecule has 0 fully saturated rings. The van der Waals surface area contributed by atoms with Crippen molar-refractivity contribution in [3.05, 3.63) is 105 Å². The number of benzene rings is 3. The lowest BCUT2D eigenvalue weighted by atomic mass is 9.77. The number of nitrogens with zero attached hydrogens (tertiary/aromatic N) is 2. The Morgan fingerprint density at radius 2 is 1.20 bits per heavy atom. The first-order valence-electron chi connectivity index (χ1n) is 14.9. The molecule has 6 rings (SSSR count). The van der Waals surface area contributed by atoms with Gasteiger partial charge in [-0.25, -0.2) is 4.79 Å². The fourth-order valence-corrected chi connectivity index (χ4v) is 6.98. The number of rotatable bonds is 8. The number of ether oxygens (including phenoxy) is 1. The van der Waals surface area contributed by atoms with E-state index in [9.17, 15) is 4.79 Å². The second-order valence-corrected chi connectivity index (χ2v) is 11.6. The number of fused-ring (bicyclic) bond motifs is 3. The molecule has 206 valence electrons. The molecule has 0 saturated heterocycles. The second kappa shape index (κ2) is 9.99. The minimum absolute atomic E-state index is 0.252. The Morgan fingerprint density at radius 3 is 1.70 bits per heavy atom. The molecule has 0 amide bonds. The summed E-state index contributed by atoms with van der Waals surface area (Å²) in [7, 11) is 0. The second-order valence-electron chi connectivity index (χ2n) is 11.6. The number of esters is 1. The molecule has 4 heteroatoms. The Bertz CT molecular complexity index is 1670. The van der Waals surface area contributed by atoms with Crippen LogP contribution in [0.25, 0.3) is 21.8 Å². The van der Waals surface area contributed by atoms with Crippen LogP contribution in [0, 0.1) is 27.7 Å². The molecule has 0 spiro atoms. The van der Waals surface area contributed by atoms with Gasteiger partial charge < -0.3 is 13.9 Å². The van der Waals surface area contributed by atoms with Crippen molar-refractivity contribution in [3.8, 4) is 0 Å². The van der Waals surface area contributed by atoms with Crippen LogP contribution in [0.4, 0.5) is 0 Å². The molecule has 3 heterocycles. The Balaban J connectivity index is 1.79. The van der Waals surface area contributed by atoms with Crippen LogP contribution in [0.3, 0.4) is 0 Å². The van der Waals surface area contributed by atoms with E-state index in [1.807, 2.05) is 18.2 Å². The summed E-state index contributed by atoms with van der Waals surface area (Å²) in [6, 6.07) is 21.4. The molecule has 0 unspecified atom stereocenters. The van der Waals surface area contributed by atoms with E-state index in [1.165, 1.54) is 33.5 Å². The van der Waals surface area contributed by atoms with Crippen LogP contribution in [0.5, 0.6) is 0 Å². The van der Waals surface area contributed by atoms with Gasteiger partial charge in [0.1, 0.15) is 0 Å². The molecule has 4 nitrogen and oxygen atoms in total. The molecule has 0 saturated carbocycles. The Kier molecular flexibility index (Phi) is 6.60. The average molecular weight is 533 g/mol. The molecule has 40 heavy (non-hydrogen) atoms. The first-order chi connectivity index (χ1) is 19.3. The molecule has 5 aromatic rings. The molecule has 2 aromatic heterocycles. The lowest BCUT2D eigenvalue weighted by Gasteiger charge is -2.31. The summed E-state index contributed by atoms with van der Waals surface area (Å²) in [6.07, 6.45) is 4.42. The number of unbranched alkanes of at least 4 members (excludes halogenated alkanes) is 2. The van der Waals surface area contributed by atoms with Crippen molar-refractivity contribution in [3.63, 3.8) is 0 Å². The van der Waals surface area contributed by atoms with Gasteiger partial charge in [-0.15, -0.1) is 0 Å². The van der Waals surface area contributed by atoms with E-state index in [1.54, 1.807) is 0 Å². The van der Waals surface area contributed by atoms with E-state index in [4.69, 9.17) is 4.74 Å². The van der Waals surface area contributed by atoms with Gasteiger partial charge in [0.15, 0.2) is 5.60 Å². The van der Waals surface area contributed by atoms with Crippen LogP contribution in [0.2, 0.25) is 0 Å². The fraction of sp³-hybridized carbons (Fsp3) is 0.361. The van der Waals surface area contributed by atoms with E-state index in [0.717, 1.165) is 66.2 Å². The van der Waals surface area contributed by atoms with Gasteiger partial charge in [0.2, 0.25) is 0 Å². The van der Waals surface area contributed by atoms with Gasteiger partial charge in [-0.1, -0.05) is 69.2 Å². The van der Waals surface area contributed by atoms with Gasteiger partial charge in [0.05, 0.1) is 5.56 Å². The smallest absolute Gasteiger partial charge is 0.340 e. The van der Waals surface area contributed by atoms with Crippen molar-refractivity contribution < 1.29 is 9.53 Å². The summed E-state index contributed by atoms with van der Waals surface area (Å²) in [4.78, 5) is 13.8. The number of hydrogen-bond acceptors (Lipinski definition) is 2. The van der Waals surface area contributed by atoms with Gasteiger partial charge in [-0.3, -0.25) is 0 Å². The van der Waals surface area contributed by atoms with Gasteiger partial charge >= 0.3 is 5.97 Å². The molecular weight excluding hydrogens is 492 g/mol. The number of carbonyl (C=O) groups excluding carboxylic acids is 1. The van der Waals surface area contributed by atoms with Crippen LogP contribution in [0.1, 0.15) is 89.1 Å². The van der Waals surface area contributed by atoms with E-state index in [-0.39, 0.29) is 5.97 Å². The third-order valence-corrected chi connectivity index (χ3v) is 8.91. The van der Waals surface area contributed by atoms with E-state index in [2.05, 4.69) is 93.1 Å². The van der Waals surface area contributed by atoms with Gasteiger partial charge in [-0.2, -0.15) is 0 Å². The van der Waals surface area contributed by atoms with Gasteiger partial charge in [0, 0.05) is 63.0 Å². The number of aryl methyl sites for hydroxylation is 4. The molecule has 1 aliphatic rings. The number of cyclic esters (lactones) is 1. The zero-order chi connectivity index (χ0) is 28.2. The van der Waals surface area contributed by atoms with Crippen molar-refractivity contribution in [1.82, 2.24) is 9.13 Å². The maximum Gasteiger partial charge on any atom is 0.340 e. The van der Waals surface area contributed by atoms with Crippen LogP contribution in [-0.2, 0) is 23.4 Å². The molecule has 0 N–H and O–H groups in total. The predicted octanol–water partition coefficient (Wildman–Crippen LogP) is 8.89. The maximum atomic E-state index is 13.8. The van der Waals surface area contributed by atoms with Crippen LogP contribution >= 0.6 is 0 Å². The van der Waals surface area contributed by atoms with Crippen molar-refractivity contribution >= 4 is 27.8 Å². The Labute approximate surface area is 237 Å². The summed E-state index contributed by atoms with van der Waals surface area (Å²) in [5, 5.41) is 2.31. The summed E-state index contributed by atoms with van der Waals surface area (Å²) in [5.74, 6) is -0.252. The molecule has 1 aliphatic heterocycles. The monoisotopic (exact) mass is 532 g/mol. The zero-order valence-electron chi connectivity index (χ0n) is 24.7. The normalized spacial score (nSPS) is 14.3. The molecule has 0 radical (unpaired) electrons. The summed E-state index contributed by atoms with van der Waals surface area (Å²) < 4.78 is 11.7. The molecule has 3 aromatic carbocycles. The maximum absolute atomic E-state index is 13.8. The molecule has 0 atom stereocenters. The quantitative estimate of drug-likeness (QED) is 0.187. The van der Waals surface area contributed by atoms with Crippen molar-refractivity contribution in [2.24, 2.45) is 0 Å². The summed E-state index contributed by atoms with van der Waals surface area (Å²) in [5.41, 5.74) is 9.96. The predicted molar refractivity (Wildman–Crippen MR) is 164 cm³/mol. The van der Waals surface area contributed by atoms with Crippen molar-refractivity contribution in [2.75, 3.05) is 0 Å². The highest BCUT2D eigenvalue weighted by atomic mass is 16.6. The number of carbonyl (C=O) groups is 1. The lowest BCUT2D eigenvalue weighted by molar-refractivity contribution is 0.0255. The molecule has 0 aliphatic carbocycles. The van der Waals surface area contributed by atoms with E-state index < -0.39 is 5.60 Å². The van der Waals surface area contributed by atoms with Crippen LogP contribution in [0.15, 0.2) is 60.7 Å². The highest BCUT2D eigenvalue weighted by Crippen LogP contribution is 2.54. The average Bonchev–Trinajstić information content (AvgIpc) is 3.50. The lowest BCUT2D eigenvalue weighted by Crippen LogP contribution is -2.31. The largest absolute Gasteiger partial charge is 0.440 e. The van der Waals surface area contributed by atoms with Crippen LogP contribution < -0.4 is 0 Å². The van der Waals surface area contributed by atoms with E-state index >= 15 is 0 Å². The van der Waals surface area contributed by atoms with Crippen molar-refractivity contribution in [1.29, 1.82) is 0 Å². The summed E-state index contributed by atoms with van der Waals surface area (Å²) in [6.45, 7) is 15.1. The van der Waals surface area contributed by atoms with Crippen molar-refractivity contribution in [2.45, 2.75) is 85.9 Å². The highest BCUT2D eigenvalue weighted by Gasteiger charge is 2.53. The topological polar surface area (TPSA) is 36.2 Å². The minimum atomic E-state index is -1.04. The Hall–Kier alpha value is -3.79. The third-order valence-electron chi connectivity index (χ3n) is 8.91. The number of aromatic nitrogens is 2. The summed E-state index contributed by atoms with van der Waals surface area (Å²) >= 11 is 0. The number of hydrogen-bond donors (Lipinski definition) is 0. The third kappa shape index (κ3) is 3.76. The first kappa shape index (κ1) is 26.4. The standard InChI is InChI=1S/C36H40N2O2/c1-7-9-19-37-25(5)33(28-17-15-23(3)21-31(28)37)36(30-14-12-11-13-27(30)35(39)40-36)34-26(6)38(20-10-8-2)32-22-24(4)16-18-29(32)34/h11-18,21-22H,7-10,19-20H2,1-6H3. The van der Waals surface area contributed by atoms with Gasteiger partial charge in [-0.05, 0) is 69.9 Å². The first-order valence-corrected chi connectivity index (χ1v) is 14.9. The van der Waals surface area contributed by atoms with Crippen LogP contribution in [-0.4, -0.2) is 15.1 Å². The molecular formula is C36H40N2O2. The SMILES string of the molecule is CCCCn1c(C)c(C2(c3c(C)n(CCCC)c4cc(C)ccc34)OC(=O)c3ccccc32)c2ccc(C)cc21. The molecule has 0 bridgehead atoms. The fourth-order valence-electron chi connectivity index (χ4n) is 6.98. The zero-order valence-corrected chi connectivity index (χ0v) is 24.7.